The maximum atomic E-state index is 13.9. The molecule has 8 nitrogen and oxygen atoms in total. The van der Waals surface area contributed by atoms with Gasteiger partial charge in [0.2, 0.25) is 11.8 Å². The Morgan fingerprint density at radius 3 is 2.13 bits per heavy atom. The molecule has 8 heteroatoms. The molecule has 0 radical (unpaired) electrons. The lowest BCUT2D eigenvalue weighted by molar-refractivity contribution is -0.141. The summed E-state index contributed by atoms with van der Waals surface area (Å²) in [5.74, 6) is -1.59. The summed E-state index contributed by atoms with van der Waals surface area (Å²) in [7, 11) is 5.41. The van der Waals surface area contributed by atoms with E-state index in [9.17, 15) is 19.5 Å². The number of aryl methyl sites for hydroxylation is 1. The first kappa shape index (κ1) is 31.1. The number of nitrogens with one attached hydrogen (secondary N) is 2. The molecule has 0 aliphatic heterocycles. The minimum Gasteiger partial charge on any atom is -0.478 e. The van der Waals surface area contributed by atoms with Crippen LogP contribution in [0.1, 0.15) is 61.0 Å². The third kappa shape index (κ3) is 6.46. The number of aromatic nitrogens is 1. The summed E-state index contributed by atoms with van der Waals surface area (Å²) < 4.78 is 2.06. The summed E-state index contributed by atoms with van der Waals surface area (Å²) in [6.45, 7) is 15.2. The number of carbonyl (C=O) groups is 3. The van der Waals surface area contributed by atoms with E-state index in [4.69, 9.17) is 0 Å². The van der Waals surface area contributed by atoms with Gasteiger partial charge >= 0.3 is 5.97 Å². The Hall–Kier alpha value is -3.13. The number of benzene rings is 1. The maximum absolute atomic E-state index is 13.9. The van der Waals surface area contributed by atoms with Gasteiger partial charge in [-0.15, -0.1) is 0 Å². The molecular formula is C30H46N4O4. The van der Waals surface area contributed by atoms with Gasteiger partial charge in [0.1, 0.15) is 6.04 Å². The van der Waals surface area contributed by atoms with Crippen LogP contribution in [-0.2, 0) is 26.8 Å². The number of fused-ring (bicyclic) bond motifs is 1. The number of aliphatic carboxylic acids is 1. The van der Waals surface area contributed by atoms with E-state index in [0.29, 0.717) is 0 Å². The fourth-order valence-corrected chi connectivity index (χ4v) is 5.13. The number of carbonyl (C=O) groups excluding carboxylic acids is 2. The van der Waals surface area contributed by atoms with Crippen molar-refractivity contribution in [1.82, 2.24) is 20.1 Å². The van der Waals surface area contributed by atoms with E-state index >= 15 is 0 Å². The van der Waals surface area contributed by atoms with Crippen molar-refractivity contribution in [3.8, 4) is 0 Å². The summed E-state index contributed by atoms with van der Waals surface area (Å²) in [6, 6.07) is 6.23. The molecule has 0 aliphatic rings. The summed E-state index contributed by atoms with van der Waals surface area (Å²) >= 11 is 0. The zero-order chi connectivity index (χ0) is 29.2. The van der Waals surface area contributed by atoms with Gasteiger partial charge in [-0.3, -0.25) is 9.59 Å². The maximum Gasteiger partial charge on any atom is 0.331 e. The van der Waals surface area contributed by atoms with Crippen LogP contribution < -0.4 is 10.6 Å². The van der Waals surface area contributed by atoms with E-state index in [0.717, 1.165) is 16.5 Å². The second-order valence-electron chi connectivity index (χ2n) is 12.3. The Morgan fingerprint density at radius 1 is 1.05 bits per heavy atom. The number of amides is 2. The van der Waals surface area contributed by atoms with Gasteiger partial charge in [-0.25, -0.2) is 4.79 Å². The van der Waals surface area contributed by atoms with Crippen molar-refractivity contribution >= 4 is 28.7 Å². The lowest BCUT2D eigenvalue weighted by atomic mass is 9.76. The van der Waals surface area contributed by atoms with Crippen molar-refractivity contribution in [1.29, 1.82) is 0 Å². The highest BCUT2D eigenvalue weighted by molar-refractivity contribution is 5.93. The van der Waals surface area contributed by atoms with Crippen LogP contribution >= 0.6 is 0 Å². The normalized spacial score (nSPS) is 15.3. The molecule has 2 amide bonds. The monoisotopic (exact) mass is 526 g/mol. The molecule has 1 aromatic heterocycles. The Bertz CT molecular complexity index is 1200. The Kier molecular flexibility index (Phi) is 9.59. The second-order valence-corrected chi connectivity index (χ2v) is 12.3. The van der Waals surface area contributed by atoms with Crippen LogP contribution in [0.3, 0.4) is 0 Å². The van der Waals surface area contributed by atoms with Gasteiger partial charge in [0.15, 0.2) is 0 Å². The molecule has 0 saturated heterocycles. The molecule has 1 aromatic carbocycles. The van der Waals surface area contributed by atoms with Gasteiger partial charge in [-0.2, -0.15) is 0 Å². The number of nitrogens with zero attached hydrogens (tertiary/aromatic N) is 2. The van der Waals surface area contributed by atoms with Gasteiger partial charge in [0.05, 0.1) is 12.1 Å². The zero-order valence-electron chi connectivity index (χ0n) is 24.8. The summed E-state index contributed by atoms with van der Waals surface area (Å²) in [5.41, 5.74) is 1.11. The topological polar surface area (TPSA) is 104 Å². The molecular weight excluding hydrogens is 480 g/mol. The average Bonchev–Trinajstić information content (AvgIpc) is 3.16. The van der Waals surface area contributed by atoms with E-state index in [2.05, 4.69) is 33.5 Å². The smallest absolute Gasteiger partial charge is 0.331 e. The first-order chi connectivity index (χ1) is 17.4. The molecule has 210 valence electrons. The average molecular weight is 527 g/mol. The van der Waals surface area contributed by atoms with E-state index in [-0.39, 0.29) is 23.3 Å². The molecule has 0 fully saturated rings. The highest BCUT2D eigenvalue weighted by atomic mass is 16.4. The van der Waals surface area contributed by atoms with Crippen molar-refractivity contribution in [3.63, 3.8) is 0 Å². The third-order valence-corrected chi connectivity index (χ3v) is 7.50. The number of rotatable bonds is 10. The highest BCUT2D eigenvalue weighted by Crippen LogP contribution is 2.35. The SMILES string of the molecule is CNC(C(=O)N[C@H](C(=O)N(C)[C@@H](C=C(C)C(=O)O)C(C)C)C(C)(C)C)C(C)(C)c1cn(C)c2ccccc12. The van der Waals surface area contributed by atoms with Gasteiger partial charge in [-0.05, 0) is 36.9 Å². The number of para-hydroxylation sites is 1. The molecule has 0 spiro atoms. The molecule has 2 rings (SSSR count). The molecule has 2 aromatic rings. The molecule has 0 bridgehead atoms. The number of hydrogen-bond acceptors (Lipinski definition) is 4. The molecule has 3 N–H and O–H groups in total. The molecule has 3 atom stereocenters. The van der Waals surface area contributed by atoms with Gasteiger partial charge in [0.25, 0.3) is 0 Å². The molecule has 1 unspecified atom stereocenters. The van der Waals surface area contributed by atoms with Crippen molar-refractivity contribution in [2.75, 3.05) is 14.1 Å². The van der Waals surface area contributed by atoms with Crippen LogP contribution in [0.5, 0.6) is 0 Å². The fraction of sp³-hybridized carbons (Fsp3) is 0.567. The lowest BCUT2D eigenvalue weighted by Crippen LogP contribution is -2.61. The standard InChI is InChI=1S/C30H46N4O4/c1-18(2)23(16-19(3)28(37)38)34(11)27(36)25(29(4,5)6)32-26(35)24(31-9)30(7,8)21-17-33(10)22-15-13-12-14-20(21)22/h12-18,23-25,31H,1-11H3,(H,32,35)(H,37,38)/t23-,24?,25+/m0/s1. The van der Waals surface area contributed by atoms with Gasteiger partial charge in [-0.1, -0.05) is 72.7 Å². The first-order valence-corrected chi connectivity index (χ1v) is 13.2. The number of carboxylic acid groups (broad SMARTS) is 1. The van der Waals surface area contributed by atoms with Crippen LogP contribution in [0.15, 0.2) is 42.1 Å². The van der Waals surface area contributed by atoms with Crippen molar-refractivity contribution in [3.05, 3.63) is 47.7 Å². The Morgan fingerprint density at radius 2 is 1.63 bits per heavy atom. The van der Waals surface area contributed by atoms with E-state index in [1.807, 2.05) is 67.6 Å². The summed E-state index contributed by atoms with van der Waals surface area (Å²) in [4.78, 5) is 40.7. The van der Waals surface area contributed by atoms with Crippen LogP contribution in [0.25, 0.3) is 10.9 Å². The minimum atomic E-state index is -1.02. The molecule has 0 aliphatic carbocycles. The van der Waals surface area contributed by atoms with Crippen LogP contribution in [0, 0.1) is 11.3 Å². The van der Waals surface area contributed by atoms with Crippen molar-refractivity contribution in [2.24, 2.45) is 18.4 Å². The van der Waals surface area contributed by atoms with Crippen LogP contribution in [-0.4, -0.2) is 64.6 Å². The second kappa shape index (κ2) is 11.7. The minimum absolute atomic E-state index is 0.0232. The van der Waals surface area contributed by atoms with Gasteiger partial charge in [0, 0.05) is 42.2 Å². The number of carboxylic acids is 1. The summed E-state index contributed by atoms with van der Waals surface area (Å²) in [6.07, 6.45) is 3.67. The number of likely N-dealkylation sites (N-methyl/N-ethyl adjacent to an activating group) is 2. The van der Waals surface area contributed by atoms with Crippen molar-refractivity contribution < 1.29 is 19.5 Å². The van der Waals surface area contributed by atoms with E-state index < -0.39 is 34.9 Å². The first-order valence-electron chi connectivity index (χ1n) is 13.2. The third-order valence-electron chi connectivity index (χ3n) is 7.50. The largest absolute Gasteiger partial charge is 0.478 e. The zero-order valence-corrected chi connectivity index (χ0v) is 24.8. The van der Waals surface area contributed by atoms with Gasteiger partial charge < -0.3 is 25.2 Å². The van der Waals surface area contributed by atoms with Crippen LogP contribution in [0.4, 0.5) is 0 Å². The fourth-order valence-electron chi connectivity index (χ4n) is 5.13. The van der Waals surface area contributed by atoms with Crippen molar-refractivity contribution in [2.45, 2.75) is 78.9 Å². The highest BCUT2D eigenvalue weighted by Gasteiger charge is 2.42. The van der Waals surface area contributed by atoms with Crippen LogP contribution in [0.2, 0.25) is 0 Å². The molecule has 1 heterocycles. The van der Waals surface area contributed by atoms with E-state index in [1.54, 1.807) is 25.1 Å². The van der Waals surface area contributed by atoms with E-state index in [1.165, 1.54) is 6.92 Å². The number of hydrogen-bond donors (Lipinski definition) is 3. The Balaban J connectivity index is 2.43. The predicted octanol–water partition coefficient (Wildman–Crippen LogP) is 4.09. The quantitative estimate of drug-likeness (QED) is 0.405. The molecule has 0 saturated carbocycles. The Labute approximate surface area is 227 Å². The lowest BCUT2D eigenvalue weighted by Gasteiger charge is -2.39. The molecule has 38 heavy (non-hydrogen) atoms. The predicted molar refractivity (Wildman–Crippen MR) is 153 cm³/mol. The summed E-state index contributed by atoms with van der Waals surface area (Å²) in [5, 5.41) is 16.7.